The molecule has 0 saturated carbocycles. The zero-order valence-electron chi connectivity index (χ0n) is 129. The third-order valence-electron chi connectivity index (χ3n) is 12.5. The first kappa shape index (κ1) is 42.5. The summed E-state index contributed by atoms with van der Waals surface area (Å²) in [6.07, 6.45) is -63.9. The van der Waals surface area contributed by atoms with Crippen LogP contribution >= 0.6 is 105 Å². The Morgan fingerprint density at radius 1 is 0.427 bits per heavy atom. The highest BCUT2D eigenvalue weighted by molar-refractivity contribution is 14.1. The smallest absolute Gasteiger partial charge is 0.254 e. The summed E-state index contributed by atoms with van der Waals surface area (Å²) in [5, 5.41) is 9.38. The molecule has 10 aromatic heterocycles. The quantitative estimate of drug-likeness (QED) is 0.0212. The van der Waals surface area contributed by atoms with Gasteiger partial charge in [-0.05, 0) is 118 Å². The van der Waals surface area contributed by atoms with E-state index in [1.54, 1.807) is 66.7 Å². The minimum atomic E-state index is -3.71. The van der Waals surface area contributed by atoms with Crippen molar-refractivity contribution in [3.63, 3.8) is 0 Å². The highest BCUT2D eigenvalue weighted by Crippen LogP contribution is 2.32. The number of rotatable bonds is 40. The van der Waals surface area contributed by atoms with Crippen molar-refractivity contribution in [1.82, 2.24) is 72.3 Å². The van der Waals surface area contributed by atoms with Crippen LogP contribution in [-0.4, -0.2) is 162 Å². The fourth-order valence-corrected chi connectivity index (χ4v) is 11.2. The van der Waals surface area contributed by atoms with Crippen LogP contribution in [0.2, 0.25) is 5.15 Å². The zero-order chi connectivity index (χ0) is 141. The van der Waals surface area contributed by atoms with Gasteiger partial charge in [0.15, 0.2) is 41.3 Å². The molecule has 34 heteroatoms. The maximum Gasteiger partial charge on any atom is 0.254 e. The Labute approximate surface area is 867 Å². The largest absolute Gasteiger partial charge is 1.00 e. The molecule has 2 aliphatic rings. The van der Waals surface area contributed by atoms with Gasteiger partial charge in [-0.2, -0.15) is 30.6 Å². The number of ether oxygens (including phenoxy) is 5. The molecular formula is C83H124ClI3N18O6S6. The van der Waals surface area contributed by atoms with Gasteiger partial charge in [-0.3, -0.25) is 9.97 Å². The van der Waals surface area contributed by atoms with Gasteiger partial charge in [0, 0.05) is 151 Å². The van der Waals surface area contributed by atoms with Crippen molar-refractivity contribution in [2.75, 3.05) is 84.5 Å². The van der Waals surface area contributed by atoms with E-state index in [4.69, 9.17) is 131 Å². The van der Waals surface area contributed by atoms with E-state index in [0.29, 0.717) is 99.9 Å². The maximum absolute atomic E-state index is 8.94. The topological polar surface area (TPSA) is 261 Å². The van der Waals surface area contributed by atoms with Crippen LogP contribution < -0.4 is 80.8 Å². The molecule has 24 nitrogen and oxygen atoms in total. The number of nitrogens with zero attached hydrogens (tertiary/aromatic N) is 18. The molecule has 0 aliphatic carbocycles. The van der Waals surface area contributed by atoms with E-state index in [-0.39, 0.29) is 107 Å². The van der Waals surface area contributed by atoms with E-state index in [9.17, 15) is 0 Å². The van der Waals surface area contributed by atoms with Crippen molar-refractivity contribution in [3.05, 3.63) is 127 Å². The Hall–Kier alpha value is -5.20. The zero-order valence-corrected chi connectivity index (χ0v) is 75.3. The van der Waals surface area contributed by atoms with Crippen molar-refractivity contribution >= 4 is 116 Å². The molecular weight excluding hydrogens is 1950 g/mol. The summed E-state index contributed by atoms with van der Waals surface area (Å²) in [5.74, 6) is -2.18. The molecule has 0 aromatic carbocycles. The number of aryl methyl sites for hydroxylation is 2. The molecule has 0 atom stereocenters. The van der Waals surface area contributed by atoms with Gasteiger partial charge in [-0.15, -0.1) is 21.9 Å². The summed E-state index contributed by atoms with van der Waals surface area (Å²) in [6, 6.07) is 13.1. The standard InChI is InChI=1S/2C14H23N3OS.2C14H20N3OS.C13H17N3OS.C7H4ClN3S.C6H14O.CH3I.2HI/c4*1-3-4-5-6-10-18-14-13(15-19-16-14)12-8-7-9-17(2)11-12;1-2-3-4-5-9-17-13-12(15-18-16-13)11-7-6-8-14-10-11;8-7-6(10-12-11-7)5-2-1-3-9-4-5;1-2-3-4-5-6-7;1-2;;/h2*8H,3-7,9-11H2,1-2H3;2*7-9,11H,3-6,10H2,1-2H3;6-8,10H,2-5,9H2,1H3;1-4H;7H,2-6H2,1H3;1H3;2*1H/q;;2*+1;;;;;;/p-2/i2D3,3D2,4D2,5D2,6D2,10D2;3D2,4D2,5D2,6D2,10D2;2D3,3D2,4D2,5D2,6D2,10D2;3D2,4D2,5D2,6D2,10D2;2D2,3D2,4D2,5D2,9D2;;2D2,3D2,4D2,5D2,6D2;;;. The SMILES string of the molecule is CI.Clc1nsnc1-c1cccnc1.[2H]C([2H])(C)C([2H])([2H])C([2H])([2H])C([2H])([2H])C([2H])([2H])O.[2H]C([2H])(C)C([2H])([2H])C([2H])([2H])C([2H])([2H])C([2H])([2H])Oc1nsnc1-c1ccc[n+](C)c1.[2H]C([2H])(C)C([2H])([2H])C([2H])([2H])C([2H])([2H])C([2H])([2H])Oc1nsnc1-c1cccnc1.[2H]C([2H])(C)C([2H])([2H])C([2H])([2H])C([2H])([2H])C([2H])([2H])Oc1nsnc1C1=CCCN(C)C1.[2H]C([2H])([2H])N1CCC=C(c2nsnc2OC([2H])([2H])C([2H])([2H])C([2H])([2H])C([2H])([2H])C([2H])([2H])C)C1.[2H]C([2H])([2H])[n+]1cccc(-c2nsnc2OC([2H])([2H])C([2H])([2H])C([2H])([2H])C([2H])([2H])C([2H])([2H])C)c1.[I-].[I-]. The first-order valence-electron chi connectivity index (χ1n) is 65.5. The van der Waals surface area contributed by atoms with Gasteiger partial charge in [0.25, 0.3) is 29.4 Å². The predicted octanol–water partition coefficient (Wildman–Crippen LogP) is 14.8. The average molecular weight is 2140 g/mol. The van der Waals surface area contributed by atoms with E-state index in [2.05, 4.69) is 85.0 Å². The Bertz CT molecular complexity index is 7280. The third kappa shape index (κ3) is 43.4. The fourth-order valence-electron chi connectivity index (χ4n) is 7.93. The molecule has 1 N–H and O–H groups in total. The summed E-state index contributed by atoms with van der Waals surface area (Å²) < 4.78 is 584. The van der Waals surface area contributed by atoms with Crippen molar-refractivity contribution in [3.8, 4) is 74.4 Å². The second kappa shape index (κ2) is 68.3. The van der Waals surface area contributed by atoms with E-state index >= 15 is 0 Å². The Morgan fingerprint density at radius 3 is 1.10 bits per heavy atom. The Kier molecular flexibility index (Phi) is 24.8. The monoisotopic (exact) mass is 2140 g/mol. The maximum atomic E-state index is 8.94. The van der Waals surface area contributed by atoms with Crippen LogP contribution in [0, 0.1) is 0 Å². The molecule has 0 bridgehead atoms. The average Bonchev–Trinajstić information content (AvgIpc) is 1.70. The van der Waals surface area contributed by atoms with Crippen molar-refractivity contribution in [1.29, 1.82) is 0 Å². The first-order chi connectivity index (χ1) is 80.7. The number of aromatic nitrogens is 16. The van der Waals surface area contributed by atoms with Gasteiger partial charge in [0.1, 0.15) is 40.9 Å². The van der Waals surface area contributed by atoms with Crippen molar-refractivity contribution < 1.29 is 176 Å². The second-order valence-electron chi connectivity index (χ2n) is 20.3. The summed E-state index contributed by atoms with van der Waals surface area (Å²) in [5.41, 5.74) is 3.95. The normalized spacial score (nSPS) is 24.3. The highest BCUT2D eigenvalue weighted by atomic mass is 127. The molecule has 12 heterocycles. The van der Waals surface area contributed by atoms with E-state index in [0.717, 1.165) is 81.2 Å². The number of aliphatic hydroxyl groups is 1. The molecule has 0 fully saturated rings. The summed E-state index contributed by atoms with van der Waals surface area (Å²) in [7, 11) is 3.64. The number of alkyl halides is 1. The van der Waals surface area contributed by atoms with Crippen LogP contribution in [0.15, 0.2) is 110 Å². The van der Waals surface area contributed by atoms with E-state index < -0.39 is 224 Å². The lowest BCUT2D eigenvalue weighted by atomic mass is 10.1. The number of hydrogen-bond donors (Lipinski definition) is 1. The van der Waals surface area contributed by atoms with Gasteiger partial charge in [-0.25, -0.2) is 9.13 Å². The molecule has 0 saturated heterocycles. The van der Waals surface area contributed by atoms with Gasteiger partial charge in [0.2, 0.25) is 0 Å². The number of likely N-dealkylation sites (N-methyl/N-ethyl adjacent to an activating group) is 2. The fraction of sp³-hybridized carbons (Fsp3) is 0.566. The number of halogens is 4. The summed E-state index contributed by atoms with van der Waals surface area (Å²) in [4.78, 5) is 13.0. The molecule has 646 valence electrons. The van der Waals surface area contributed by atoms with E-state index in [1.807, 2.05) is 35.1 Å². The Balaban J connectivity index is 0.000000551. The van der Waals surface area contributed by atoms with Crippen molar-refractivity contribution in [2.24, 2.45) is 14.0 Å². The van der Waals surface area contributed by atoms with Crippen LogP contribution in [0.4, 0.5) is 0 Å². The van der Waals surface area contributed by atoms with Gasteiger partial charge >= 0.3 is 0 Å². The highest BCUT2D eigenvalue weighted by Gasteiger charge is 2.22. The van der Waals surface area contributed by atoms with Crippen LogP contribution in [0.1, 0.15) is 309 Å². The summed E-state index contributed by atoms with van der Waals surface area (Å²) in [6.45, 7) is -19.8. The lowest BCUT2D eigenvalue weighted by Crippen LogP contribution is -3.00. The molecule has 0 radical (unpaired) electrons. The van der Waals surface area contributed by atoms with E-state index in [1.165, 1.54) is 41.8 Å². The molecule has 12 rings (SSSR count). The molecule has 0 amide bonds. The van der Waals surface area contributed by atoms with Crippen LogP contribution in [0.5, 0.6) is 29.4 Å². The molecule has 10 aromatic rings. The lowest BCUT2D eigenvalue weighted by molar-refractivity contribution is -0.671. The van der Waals surface area contributed by atoms with Crippen molar-refractivity contribution in [2.45, 2.75) is 207 Å². The minimum Gasteiger partial charge on any atom is -1.00 e. The molecule has 0 unspecified atom stereocenters. The van der Waals surface area contributed by atoms with Crippen LogP contribution in [-0.2, 0) is 14.0 Å². The molecule has 2 aliphatic heterocycles. The van der Waals surface area contributed by atoms with Gasteiger partial charge in [0.05, 0.1) is 131 Å². The summed E-state index contributed by atoms with van der Waals surface area (Å²) >= 11 is 12.3. The predicted molar refractivity (Wildman–Crippen MR) is 484 cm³/mol. The van der Waals surface area contributed by atoms with Gasteiger partial charge in [-0.1, -0.05) is 203 Å². The number of hydrogen-bond acceptors (Lipinski definition) is 28. The second-order valence-corrected chi connectivity index (χ2v) is 23.8. The molecule has 117 heavy (non-hydrogen) atoms. The van der Waals surface area contributed by atoms with Gasteiger partial charge < -0.3 is 86.5 Å². The first-order valence-corrected chi connectivity index (χ1v) is 39.4. The molecule has 0 spiro atoms. The Morgan fingerprint density at radius 2 is 0.752 bits per heavy atom. The lowest BCUT2D eigenvalue weighted by Gasteiger charge is -2.22. The van der Waals surface area contributed by atoms with Crippen LogP contribution in [0.3, 0.4) is 0 Å². The third-order valence-corrected chi connectivity index (χ3v) is 16.0. The van der Waals surface area contributed by atoms with Crippen LogP contribution in [0.25, 0.3) is 56.2 Å². The number of pyridine rings is 4. The minimum absolute atomic E-state index is 0.